The van der Waals surface area contributed by atoms with Gasteiger partial charge < -0.3 is 58.5 Å². The number of rotatable bonds is 9. The van der Waals surface area contributed by atoms with E-state index in [0.717, 1.165) is 5.57 Å². The SMILES string of the molecule is CC[C@H](O)[C@@](C)(O)C1OC(=O)[C@H](C)[C@@H](OC2CC(C)(OC)C(O)C(C)O2)[C@H](C)[C@@H](OC2OC(C)CC(N(C)C)C2O)[C@]2(C)CC(C)=C(O2)[C@@H]1C. The maximum Gasteiger partial charge on any atom is 0.311 e. The van der Waals surface area contributed by atoms with E-state index >= 15 is 0 Å². The van der Waals surface area contributed by atoms with Crippen LogP contribution in [0.2, 0.25) is 0 Å². The van der Waals surface area contributed by atoms with Crippen molar-refractivity contribution in [2.24, 2.45) is 17.8 Å². The molecule has 0 radical (unpaired) electrons. The van der Waals surface area contributed by atoms with Crippen LogP contribution in [0.25, 0.3) is 0 Å². The number of likely N-dealkylation sites (N-methyl/N-ethyl adjacent to an activating group) is 1. The normalized spacial score (nSPS) is 46.5. The summed E-state index contributed by atoms with van der Waals surface area (Å²) in [5.74, 6) is -2.26. The summed E-state index contributed by atoms with van der Waals surface area (Å²) in [5.41, 5.74) is -2.95. The molecule has 13 nitrogen and oxygen atoms in total. The molecule has 2 bridgehead atoms. The Hall–Kier alpha value is -1.39. The van der Waals surface area contributed by atoms with Crippen molar-refractivity contribution in [3.05, 3.63) is 11.3 Å². The average Bonchev–Trinajstić information content (AvgIpc) is 3.36. The van der Waals surface area contributed by atoms with Crippen molar-refractivity contribution in [1.29, 1.82) is 0 Å². The molecule has 4 aliphatic heterocycles. The number of methoxy groups -OCH3 is 1. The Balaban J connectivity index is 1.83. The van der Waals surface area contributed by atoms with Crippen molar-refractivity contribution in [3.8, 4) is 0 Å². The first kappa shape index (κ1) is 41.4. The van der Waals surface area contributed by atoms with Gasteiger partial charge in [0, 0.05) is 31.9 Å². The van der Waals surface area contributed by atoms with Crippen molar-refractivity contribution in [2.75, 3.05) is 21.2 Å². The third-order valence-electron chi connectivity index (χ3n) is 11.9. The van der Waals surface area contributed by atoms with E-state index in [9.17, 15) is 25.2 Å². The van der Waals surface area contributed by atoms with Gasteiger partial charge in [-0.2, -0.15) is 0 Å². The van der Waals surface area contributed by atoms with Gasteiger partial charge in [0.1, 0.15) is 41.4 Å². The minimum atomic E-state index is -1.82. The summed E-state index contributed by atoms with van der Waals surface area (Å²) in [6, 6.07) is -0.223. The summed E-state index contributed by atoms with van der Waals surface area (Å²) < 4.78 is 44.8. The van der Waals surface area contributed by atoms with Gasteiger partial charge in [-0.05, 0) is 81.0 Å². The van der Waals surface area contributed by atoms with Gasteiger partial charge >= 0.3 is 5.97 Å². The van der Waals surface area contributed by atoms with E-state index in [1.165, 1.54) is 14.0 Å². The fraction of sp³-hybridized carbons (Fsp3) is 0.919. The molecule has 290 valence electrons. The Morgan fingerprint density at radius 3 is 2.28 bits per heavy atom. The number of nitrogens with zero attached hydrogens (tertiary/aromatic N) is 1. The van der Waals surface area contributed by atoms with Crippen LogP contribution in [0.3, 0.4) is 0 Å². The van der Waals surface area contributed by atoms with Crippen molar-refractivity contribution in [2.45, 2.75) is 179 Å². The molecule has 4 heterocycles. The van der Waals surface area contributed by atoms with Crippen LogP contribution in [0.15, 0.2) is 11.3 Å². The maximum atomic E-state index is 14.3. The quantitative estimate of drug-likeness (QED) is 0.258. The second-order valence-corrected chi connectivity index (χ2v) is 16.3. The Morgan fingerprint density at radius 2 is 1.70 bits per heavy atom. The van der Waals surface area contributed by atoms with Gasteiger partial charge in [0.2, 0.25) is 0 Å². The number of esters is 1. The molecule has 0 amide bonds. The largest absolute Gasteiger partial charge is 0.488 e. The molecule has 9 unspecified atom stereocenters. The summed E-state index contributed by atoms with van der Waals surface area (Å²) >= 11 is 0. The molecule has 17 atom stereocenters. The fourth-order valence-electron chi connectivity index (χ4n) is 8.73. The summed E-state index contributed by atoms with van der Waals surface area (Å²) in [4.78, 5) is 16.2. The molecule has 0 aromatic heterocycles. The zero-order valence-corrected chi connectivity index (χ0v) is 32.4. The van der Waals surface area contributed by atoms with Crippen LogP contribution in [0.4, 0.5) is 0 Å². The van der Waals surface area contributed by atoms with Crippen molar-refractivity contribution < 1.29 is 58.4 Å². The van der Waals surface area contributed by atoms with Gasteiger partial charge in [-0.3, -0.25) is 4.79 Å². The molecule has 0 aliphatic carbocycles. The maximum absolute atomic E-state index is 14.3. The molecule has 4 N–H and O–H groups in total. The van der Waals surface area contributed by atoms with Crippen LogP contribution >= 0.6 is 0 Å². The molecule has 13 heteroatoms. The Labute approximate surface area is 298 Å². The van der Waals surface area contributed by atoms with Crippen LogP contribution in [-0.2, 0) is 38.0 Å². The van der Waals surface area contributed by atoms with Crippen LogP contribution in [-0.4, -0.2) is 137 Å². The van der Waals surface area contributed by atoms with E-state index in [1.54, 1.807) is 27.7 Å². The number of carbonyl (C=O) groups is 1. The summed E-state index contributed by atoms with van der Waals surface area (Å²) in [7, 11) is 5.35. The Kier molecular flexibility index (Phi) is 12.8. The first-order valence-corrected chi connectivity index (χ1v) is 18.3. The lowest BCUT2D eigenvalue weighted by Gasteiger charge is -2.48. The Morgan fingerprint density at radius 1 is 1.06 bits per heavy atom. The fourth-order valence-corrected chi connectivity index (χ4v) is 8.73. The number of hydrogen-bond donors (Lipinski definition) is 4. The molecule has 4 aliphatic rings. The minimum absolute atomic E-state index is 0.174. The molecule has 0 spiro atoms. The molecule has 50 heavy (non-hydrogen) atoms. The highest BCUT2D eigenvalue weighted by molar-refractivity contribution is 5.73. The third kappa shape index (κ3) is 7.93. The lowest BCUT2D eigenvalue weighted by molar-refractivity contribution is -0.316. The van der Waals surface area contributed by atoms with Gasteiger partial charge in [0.15, 0.2) is 12.6 Å². The van der Waals surface area contributed by atoms with Gasteiger partial charge in [0.25, 0.3) is 0 Å². The number of hydrogen-bond acceptors (Lipinski definition) is 13. The molecule has 4 rings (SSSR count). The van der Waals surface area contributed by atoms with E-state index < -0.39 is 95.8 Å². The van der Waals surface area contributed by atoms with Gasteiger partial charge in [-0.15, -0.1) is 0 Å². The minimum Gasteiger partial charge on any atom is -0.488 e. The third-order valence-corrected chi connectivity index (χ3v) is 11.9. The molecule has 3 saturated heterocycles. The second-order valence-electron chi connectivity index (χ2n) is 16.3. The number of cyclic esters (lactones) is 1. The van der Waals surface area contributed by atoms with Crippen molar-refractivity contribution in [1.82, 2.24) is 4.90 Å². The number of ether oxygens (including phenoxy) is 7. The molecule has 0 saturated carbocycles. The van der Waals surface area contributed by atoms with Crippen LogP contribution in [0.5, 0.6) is 0 Å². The average molecular weight is 716 g/mol. The first-order chi connectivity index (χ1) is 23.1. The van der Waals surface area contributed by atoms with Crippen molar-refractivity contribution in [3.63, 3.8) is 0 Å². The summed E-state index contributed by atoms with van der Waals surface area (Å²) in [6.45, 7) is 18.0. The number of aliphatic hydroxyl groups is 4. The van der Waals surface area contributed by atoms with Crippen LogP contribution in [0, 0.1) is 17.8 Å². The van der Waals surface area contributed by atoms with E-state index in [1.807, 2.05) is 53.6 Å². The highest BCUT2D eigenvalue weighted by atomic mass is 16.7. The standard InChI is InChI=1S/C37H65NO12/c1-14-25(39)37(10,43)32-20(4)28-18(2)16-36(9,50-28)31(49-34-27(40)24(38(11)12)15-19(3)45-34)21(5)29(22(6)33(42)48-32)47-26-17-35(8,44-13)30(41)23(7)46-26/h19-27,29-32,34,39-41,43H,14-17H2,1-13H3/t19?,20-,21-,22+,23?,24?,25-,26?,27?,29-,30?,31+,32?,34?,35?,36-,37+/m0/s1. The second kappa shape index (κ2) is 15.5. The van der Waals surface area contributed by atoms with Gasteiger partial charge in [-0.1, -0.05) is 20.8 Å². The van der Waals surface area contributed by atoms with E-state index in [2.05, 4.69) is 0 Å². The van der Waals surface area contributed by atoms with E-state index in [-0.39, 0.29) is 25.0 Å². The number of carbonyl (C=O) groups excluding carboxylic acids is 1. The first-order valence-electron chi connectivity index (χ1n) is 18.3. The summed E-state index contributed by atoms with van der Waals surface area (Å²) in [5, 5.41) is 45.2. The topological polar surface area (TPSA) is 166 Å². The predicted molar refractivity (Wildman–Crippen MR) is 184 cm³/mol. The molecular formula is C37H65NO12. The number of aliphatic hydroxyl groups excluding tert-OH is 3. The van der Waals surface area contributed by atoms with Gasteiger partial charge in [-0.25, -0.2) is 0 Å². The summed E-state index contributed by atoms with van der Waals surface area (Å²) in [6.07, 6.45) is -7.24. The van der Waals surface area contributed by atoms with Crippen LogP contribution in [0.1, 0.15) is 94.9 Å². The Bertz CT molecular complexity index is 1210. The molecular weight excluding hydrogens is 650 g/mol. The number of fused-ring (bicyclic) bond motifs is 2. The smallest absolute Gasteiger partial charge is 0.311 e. The van der Waals surface area contributed by atoms with Crippen molar-refractivity contribution >= 4 is 5.97 Å². The molecule has 3 fully saturated rings. The monoisotopic (exact) mass is 715 g/mol. The van der Waals surface area contributed by atoms with Gasteiger partial charge in [0.05, 0.1) is 41.9 Å². The zero-order valence-electron chi connectivity index (χ0n) is 32.4. The highest BCUT2D eigenvalue weighted by Crippen LogP contribution is 2.48. The van der Waals surface area contributed by atoms with E-state index in [0.29, 0.717) is 18.6 Å². The lowest BCUT2D eigenvalue weighted by atomic mass is 9.78. The predicted octanol–water partition coefficient (Wildman–Crippen LogP) is 2.89. The van der Waals surface area contributed by atoms with Crippen LogP contribution < -0.4 is 0 Å². The van der Waals surface area contributed by atoms with E-state index in [4.69, 9.17) is 33.2 Å². The molecule has 0 aromatic rings. The highest BCUT2D eigenvalue weighted by Gasteiger charge is 2.57. The zero-order chi connectivity index (χ0) is 37.7. The molecule has 0 aromatic carbocycles. The lowest BCUT2D eigenvalue weighted by Crippen LogP contribution is -2.60.